The molecule has 3 nitrogen and oxygen atoms in total. The summed E-state index contributed by atoms with van der Waals surface area (Å²) >= 11 is 0. The highest BCUT2D eigenvalue weighted by Gasteiger charge is 2.71. The smallest absolute Gasteiger partial charge is 0.0852 e. The van der Waals surface area contributed by atoms with Crippen molar-refractivity contribution in [3.05, 3.63) is 11.6 Å². The number of fused-ring (bicyclic) bond motifs is 5. The van der Waals surface area contributed by atoms with Gasteiger partial charge in [0, 0.05) is 0 Å². The van der Waals surface area contributed by atoms with Crippen molar-refractivity contribution in [2.75, 3.05) is 0 Å². The van der Waals surface area contributed by atoms with Gasteiger partial charge in [0.15, 0.2) is 0 Å². The molecule has 0 aromatic rings. The summed E-state index contributed by atoms with van der Waals surface area (Å²) in [4.78, 5) is 0. The maximum atomic E-state index is 12.0. The average Bonchev–Trinajstić information content (AvgIpc) is 3.14. The van der Waals surface area contributed by atoms with Crippen LogP contribution in [0.1, 0.15) is 120 Å². The van der Waals surface area contributed by atoms with Crippen LogP contribution in [-0.4, -0.2) is 33.6 Å². The average molecular weight is 489 g/mol. The summed E-state index contributed by atoms with van der Waals surface area (Å²) in [6.07, 6.45) is 10.5. The summed E-state index contributed by atoms with van der Waals surface area (Å²) in [6.45, 7) is 21.1. The second kappa shape index (κ2) is 8.84. The summed E-state index contributed by atoms with van der Waals surface area (Å²) in [5.74, 6) is 1.67. The van der Waals surface area contributed by atoms with E-state index in [-0.39, 0.29) is 33.2 Å². The van der Waals surface area contributed by atoms with Crippen molar-refractivity contribution >= 4 is 0 Å². The van der Waals surface area contributed by atoms with Gasteiger partial charge < -0.3 is 15.3 Å². The van der Waals surface area contributed by atoms with Crippen LogP contribution in [0.4, 0.5) is 0 Å². The maximum Gasteiger partial charge on any atom is 0.0852 e. The summed E-state index contributed by atoms with van der Waals surface area (Å²) in [7, 11) is 0. The molecule has 4 rings (SSSR count). The lowest BCUT2D eigenvalue weighted by Gasteiger charge is -2.71. The Morgan fingerprint density at radius 3 is 2.14 bits per heavy atom. The van der Waals surface area contributed by atoms with Gasteiger partial charge in [0.2, 0.25) is 0 Å². The molecule has 4 fully saturated rings. The Balaban J connectivity index is 1.70. The fourth-order valence-electron chi connectivity index (χ4n) is 11.0. The van der Waals surface area contributed by atoms with Crippen molar-refractivity contribution in [2.45, 2.75) is 138 Å². The van der Waals surface area contributed by atoms with Crippen molar-refractivity contribution in [1.29, 1.82) is 0 Å². The van der Waals surface area contributed by atoms with Crippen LogP contribution in [0, 0.1) is 50.7 Å². The molecular formula is C32H56O3. The molecule has 4 aliphatic rings. The first-order valence-electron chi connectivity index (χ1n) is 14.8. The molecule has 0 aromatic heterocycles. The number of aliphatic hydroxyl groups is 3. The molecule has 35 heavy (non-hydrogen) atoms. The van der Waals surface area contributed by atoms with Crippen LogP contribution in [0.2, 0.25) is 0 Å². The third-order valence-electron chi connectivity index (χ3n) is 13.3. The molecule has 0 bridgehead atoms. The van der Waals surface area contributed by atoms with E-state index in [1.807, 2.05) is 0 Å². The maximum absolute atomic E-state index is 12.0. The zero-order valence-corrected chi connectivity index (χ0v) is 24.3. The minimum absolute atomic E-state index is 0.0559. The van der Waals surface area contributed by atoms with Crippen LogP contribution in [0.5, 0.6) is 0 Å². The van der Waals surface area contributed by atoms with Crippen LogP contribution in [-0.2, 0) is 0 Å². The molecule has 4 saturated carbocycles. The predicted octanol–water partition coefficient (Wildman–Crippen LogP) is 7.14. The summed E-state index contributed by atoms with van der Waals surface area (Å²) in [5.41, 5.74) is 1.57. The van der Waals surface area contributed by atoms with E-state index in [0.29, 0.717) is 30.1 Å². The standard InChI is InChI=1S/C32H56O3/c1-10-29(6,15-11-12-20(2)3)21-13-16-32(9)26(21)22(33)18-25-30(7)19-23(34)27(35)28(4,5)24(30)14-17-31(25,32)8/h12,21-27,33-35H,10-11,13-19H2,1-9H3/t21?,22?,23-,24?,25?,26?,27?,29+,30?,31?,32-/m1/s1. The van der Waals surface area contributed by atoms with E-state index in [1.54, 1.807) is 0 Å². The SMILES string of the molecule is CC[C@@](C)(CCC=C(C)C)C1CC[C@]2(C)C1C(O)CC1C3(C)C[C@@H](O)C(O)C(C)(C)C3CCC12C. The fraction of sp³-hybridized carbons (Fsp3) is 0.938. The van der Waals surface area contributed by atoms with E-state index in [9.17, 15) is 15.3 Å². The van der Waals surface area contributed by atoms with Gasteiger partial charge in [-0.1, -0.05) is 66.5 Å². The van der Waals surface area contributed by atoms with Crippen LogP contribution < -0.4 is 0 Å². The lowest BCUT2D eigenvalue weighted by molar-refractivity contribution is -0.261. The monoisotopic (exact) mass is 488 g/mol. The third kappa shape index (κ3) is 3.84. The molecule has 0 aromatic carbocycles. The molecule has 0 heterocycles. The van der Waals surface area contributed by atoms with Crippen molar-refractivity contribution in [3.8, 4) is 0 Å². The van der Waals surface area contributed by atoms with E-state index in [4.69, 9.17) is 0 Å². The van der Waals surface area contributed by atoms with Gasteiger partial charge in [-0.25, -0.2) is 0 Å². The zero-order valence-electron chi connectivity index (χ0n) is 24.3. The second-order valence-electron chi connectivity index (χ2n) is 15.3. The van der Waals surface area contributed by atoms with Gasteiger partial charge in [0.1, 0.15) is 0 Å². The molecule has 0 spiro atoms. The van der Waals surface area contributed by atoms with Crippen molar-refractivity contribution in [2.24, 2.45) is 50.7 Å². The Hall–Kier alpha value is -0.380. The molecular weight excluding hydrogens is 432 g/mol. The molecule has 0 radical (unpaired) electrons. The first-order valence-corrected chi connectivity index (χ1v) is 14.8. The largest absolute Gasteiger partial charge is 0.393 e. The molecule has 0 saturated heterocycles. The van der Waals surface area contributed by atoms with E-state index < -0.39 is 12.2 Å². The zero-order chi connectivity index (χ0) is 26.2. The number of aliphatic hydroxyl groups excluding tert-OH is 3. The lowest BCUT2D eigenvalue weighted by atomic mass is 9.34. The summed E-state index contributed by atoms with van der Waals surface area (Å²) < 4.78 is 0. The predicted molar refractivity (Wildman–Crippen MR) is 145 cm³/mol. The molecule has 4 aliphatic carbocycles. The molecule has 3 N–H and O–H groups in total. The van der Waals surface area contributed by atoms with Gasteiger partial charge in [-0.3, -0.25) is 0 Å². The van der Waals surface area contributed by atoms with Crippen LogP contribution in [0.3, 0.4) is 0 Å². The third-order valence-corrected chi connectivity index (χ3v) is 13.3. The van der Waals surface area contributed by atoms with Crippen molar-refractivity contribution < 1.29 is 15.3 Å². The molecule has 8 unspecified atom stereocenters. The topological polar surface area (TPSA) is 60.7 Å². The van der Waals surface area contributed by atoms with Crippen LogP contribution >= 0.6 is 0 Å². The van der Waals surface area contributed by atoms with Gasteiger partial charge in [-0.05, 0) is 116 Å². The molecule has 0 amide bonds. The van der Waals surface area contributed by atoms with E-state index in [2.05, 4.69) is 68.4 Å². The fourth-order valence-corrected chi connectivity index (χ4v) is 11.0. The minimum Gasteiger partial charge on any atom is -0.393 e. The Morgan fingerprint density at radius 2 is 1.54 bits per heavy atom. The number of allylic oxidation sites excluding steroid dienone is 2. The second-order valence-corrected chi connectivity index (χ2v) is 15.3. The van der Waals surface area contributed by atoms with E-state index >= 15 is 0 Å². The van der Waals surface area contributed by atoms with E-state index in [1.165, 1.54) is 37.7 Å². The number of hydrogen-bond acceptors (Lipinski definition) is 3. The summed E-state index contributed by atoms with van der Waals surface area (Å²) in [5, 5.41) is 33.9. The summed E-state index contributed by atoms with van der Waals surface area (Å²) in [6, 6.07) is 0. The number of hydrogen-bond donors (Lipinski definition) is 3. The minimum atomic E-state index is -0.675. The van der Waals surface area contributed by atoms with Gasteiger partial charge in [-0.2, -0.15) is 0 Å². The van der Waals surface area contributed by atoms with Gasteiger partial charge in [0.05, 0.1) is 18.3 Å². The van der Waals surface area contributed by atoms with E-state index in [0.717, 1.165) is 19.3 Å². The lowest BCUT2D eigenvalue weighted by Crippen LogP contribution is -2.68. The number of rotatable bonds is 5. The highest BCUT2D eigenvalue weighted by Crippen LogP contribution is 2.76. The molecule has 202 valence electrons. The Bertz CT molecular complexity index is 829. The van der Waals surface area contributed by atoms with Gasteiger partial charge in [0.25, 0.3) is 0 Å². The Kier molecular flexibility index (Phi) is 6.98. The first-order chi connectivity index (χ1) is 16.1. The van der Waals surface area contributed by atoms with Gasteiger partial charge in [-0.15, -0.1) is 0 Å². The normalized spacial score (nSPS) is 50.5. The highest BCUT2D eigenvalue weighted by molar-refractivity contribution is 5.20. The highest BCUT2D eigenvalue weighted by atomic mass is 16.3. The van der Waals surface area contributed by atoms with Crippen LogP contribution in [0.25, 0.3) is 0 Å². The van der Waals surface area contributed by atoms with Crippen LogP contribution in [0.15, 0.2) is 11.6 Å². The molecule has 11 atom stereocenters. The molecule has 3 heteroatoms. The first kappa shape index (κ1) is 27.6. The van der Waals surface area contributed by atoms with Gasteiger partial charge >= 0.3 is 0 Å². The Labute approximate surface area is 216 Å². The quantitative estimate of drug-likeness (QED) is 0.361. The molecule has 0 aliphatic heterocycles. The van der Waals surface area contributed by atoms with Crippen molar-refractivity contribution in [3.63, 3.8) is 0 Å². The Morgan fingerprint density at radius 1 is 0.914 bits per heavy atom. The van der Waals surface area contributed by atoms with Crippen molar-refractivity contribution in [1.82, 2.24) is 0 Å².